The zero-order chi connectivity index (χ0) is 25.5. The fourth-order valence-electron chi connectivity index (χ4n) is 4.86. The highest BCUT2D eigenvalue weighted by Gasteiger charge is 2.32. The van der Waals surface area contributed by atoms with Crippen molar-refractivity contribution in [2.24, 2.45) is 0 Å². The summed E-state index contributed by atoms with van der Waals surface area (Å²) in [6.07, 6.45) is 8.35. The summed E-state index contributed by atoms with van der Waals surface area (Å²) < 4.78 is 6.65. The third kappa shape index (κ3) is 2.68. The molecule has 6 rings (SSSR count). The van der Waals surface area contributed by atoms with Crippen LogP contribution in [-0.4, -0.2) is 35.7 Å². The molecule has 0 atom stereocenters. The van der Waals surface area contributed by atoms with Crippen LogP contribution in [0.5, 0.6) is 40.2 Å². The van der Waals surface area contributed by atoms with Gasteiger partial charge in [-0.05, 0) is 44.3 Å². The maximum absolute atomic E-state index is 11.2. The van der Waals surface area contributed by atoms with Gasteiger partial charge in [0.05, 0.1) is 16.3 Å². The molecular formula is C27H17BrO8. The first-order valence-corrected chi connectivity index (χ1v) is 11.6. The Morgan fingerprint density at radius 1 is 0.583 bits per heavy atom. The first kappa shape index (κ1) is 22.0. The van der Waals surface area contributed by atoms with Crippen molar-refractivity contribution in [1.29, 1.82) is 0 Å². The second kappa shape index (κ2) is 7.50. The molecule has 5 aromatic rings. The third-order valence-electron chi connectivity index (χ3n) is 6.50. The van der Waals surface area contributed by atoms with Gasteiger partial charge in [0, 0.05) is 10.0 Å². The van der Waals surface area contributed by atoms with E-state index in [0.717, 1.165) is 15.4 Å². The monoisotopic (exact) mass is 548 g/mol. The number of fused-ring (bicyclic) bond motifs is 5. The van der Waals surface area contributed by atoms with Crippen LogP contribution in [0.15, 0.2) is 45.3 Å². The summed E-state index contributed by atoms with van der Waals surface area (Å²) in [5, 5.41) is 74.7. The third-order valence-corrected chi connectivity index (χ3v) is 7.36. The van der Waals surface area contributed by atoms with Crippen LogP contribution in [-0.2, 0) is 0 Å². The zero-order valence-electron chi connectivity index (χ0n) is 18.2. The van der Waals surface area contributed by atoms with Crippen LogP contribution in [0.2, 0.25) is 0 Å². The van der Waals surface area contributed by atoms with E-state index in [2.05, 4.69) is 15.9 Å². The molecule has 0 amide bonds. The van der Waals surface area contributed by atoms with Crippen molar-refractivity contribution < 1.29 is 40.2 Å². The van der Waals surface area contributed by atoms with Gasteiger partial charge in [0.15, 0.2) is 28.4 Å². The summed E-state index contributed by atoms with van der Waals surface area (Å²) in [6.45, 7) is 0. The van der Waals surface area contributed by atoms with Crippen molar-refractivity contribution >= 4 is 60.8 Å². The van der Waals surface area contributed by atoms with Crippen LogP contribution < -0.4 is 0 Å². The molecule has 8 nitrogen and oxygen atoms in total. The van der Waals surface area contributed by atoms with Gasteiger partial charge >= 0.3 is 0 Å². The lowest BCUT2D eigenvalue weighted by molar-refractivity contribution is 0.348. The van der Waals surface area contributed by atoms with E-state index in [1.807, 2.05) is 48.6 Å². The quantitative estimate of drug-likeness (QED) is 0.0919. The van der Waals surface area contributed by atoms with Crippen LogP contribution >= 0.6 is 15.9 Å². The normalized spacial score (nSPS) is 13.0. The highest BCUT2D eigenvalue weighted by atomic mass is 79.9. The summed E-state index contributed by atoms with van der Waals surface area (Å²) >= 11 is 3.68. The fraction of sp³-hybridized carbons (Fsp3) is 0.0370. The minimum atomic E-state index is -1.03. The Balaban J connectivity index is 1.93. The SMILES string of the molecule is Oc1c(O)c(O)c2c(oc3c(-c4c5c(c(Br)c6ccccc46)C=CCC=C5)c(O)c(O)c(O)c32)c1O. The number of halogens is 1. The zero-order valence-corrected chi connectivity index (χ0v) is 19.8. The number of hydrogen-bond acceptors (Lipinski definition) is 8. The topological polar surface area (TPSA) is 155 Å². The van der Waals surface area contributed by atoms with Gasteiger partial charge in [-0.3, -0.25) is 0 Å². The van der Waals surface area contributed by atoms with E-state index in [4.69, 9.17) is 4.42 Å². The number of phenols is 7. The molecule has 0 aliphatic heterocycles. The second-order valence-corrected chi connectivity index (χ2v) is 9.22. The van der Waals surface area contributed by atoms with Crippen molar-refractivity contribution in [2.45, 2.75) is 6.42 Å². The Morgan fingerprint density at radius 2 is 1.14 bits per heavy atom. The van der Waals surface area contributed by atoms with E-state index in [0.29, 0.717) is 22.9 Å². The van der Waals surface area contributed by atoms with Crippen molar-refractivity contribution in [3.8, 4) is 51.4 Å². The maximum Gasteiger partial charge on any atom is 0.208 e. The second-order valence-electron chi connectivity index (χ2n) is 8.43. The molecule has 0 fully saturated rings. The molecule has 1 aliphatic rings. The standard InChI is InChI=1S/C27H17BrO8/c28-18-12-8-3-1-2-6-10(12)14(11-7-4-5-9-13(11)18)15-19(29)22(32)20(30)16-17-21(31)23(33)24(34)25(35)27(17)36-26(15)16/h2-9,29-35H,1H2. The first-order chi connectivity index (χ1) is 17.2. The van der Waals surface area contributed by atoms with Crippen molar-refractivity contribution in [1.82, 2.24) is 0 Å². The number of furan rings is 1. The fourth-order valence-corrected chi connectivity index (χ4v) is 5.55. The van der Waals surface area contributed by atoms with Gasteiger partial charge < -0.3 is 40.2 Å². The van der Waals surface area contributed by atoms with Crippen LogP contribution in [0.4, 0.5) is 0 Å². The van der Waals surface area contributed by atoms with Crippen LogP contribution in [0.25, 0.3) is 56.0 Å². The molecular weight excluding hydrogens is 532 g/mol. The van der Waals surface area contributed by atoms with Gasteiger partial charge in [-0.25, -0.2) is 0 Å². The molecule has 0 unspecified atom stereocenters. The van der Waals surface area contributed by atoms with E-state index >= 15 is 0 Å². The Labute approximate surface area is 210 Å². The molecule has 1 aromatic heterocycles. The number of hydrogen-bond donors (Lipinski definition) is 7. The summed E-state index contributed by atoms with van der Waals surface area (Å²) in [5.74, 6) is -6.25. The van der Waals surface area contributed by atoms with Gasteiger partial charge in [-0.2, -0.15) is 0 Å². The highest BCUT2D eigenvalue weighted by molar-refractivity contribution is 9.10. The number of phenolic OH excluding ortho intramolecular Hbond substituents is 7. The summed E-state index contributed by atoms with van der Waals surface area (Å²) in [7, 11) is 0. The average molecular weight is 549 g/mol. The lowest BCUT2D eigenvalue weighted by Gasteiger charge is -2.18. The van der Waals surface area contributed by atoms with E-state index in [1.54, 1.807) is 0 Å². The summed E-state index contributed by atoms with van der Waals surface area (Å²) in [6, 6.07) is 7.36. The smallest absolute Gasteiger partial charge is 0.208 e. The van der Waals surface area contributed by atoms with Gasteiger partial charge in [-0.1, -0.05) is 48.6 Å². The van der Waals surface area contributed by atoms with E-state index in [1.165, 1.54) is 0 Å². The lowest BCUT2D eigenvalue weighted by Crippen LogP contribution is -1.94. The molecule has 1 aliphatic carbocycles. The Morgan fingerprint density at radius 3 is 1.83 bits per heavy atom. The van der Waals surface area contributed by atoms with E-state index in [-0.39, 0.29) is 21.9 Å². The van der Waals surface area contributed by atoms with Crippen molar-refractivity contribution in [2.75, 3.05) is 0 Å². The van der Waals surface area contributed by atoms with Crippen LogP contribution in [0, 0.1) is 0 Å². The van der Waals surface area contributed by atoms with Crippen LogP contribution in [0.3, 0.4) is 0 Å². The van der Waals surface area contributed by atoms with Gasteiger partial charge in [0.25, 0.3) is 0 Å². The van der Waals surface area contributed by atoms with Crippen LogP contribution in [0.1, 0.15) is 17.5 Å². The first-order valence-electron chi connectivity index (χ1n) is 10.8. The summed E-state index contributed by atoms with van der Waals surface area (Å²) in [5.41, 5.74) is 1.27. The predicted molar refractivity (Wildman–Crippen MR) is 139 cm³/mol. The van der Waals surface area contributed by atoms with Gasteiger partial charge in [0.1, 0.15) is 0 Å². The number of benzene rings is 4. The van der Waals surface area contributed by atoms with Gasteiger partial charge in [-0.15, -0.1) is 0 Å². The Hall–Kier alpha value is -4.50. The van der Waals surface area contributed by atoms with E-state index in [9.17, 15) is 35.7 Å². The predicted octanol–water partition coefficient (Wildman–Crippen LogP) is 6.54. The molecule has 0 saturated carbocycles. The molecule has 9 heteroatoms. The summed E-state index contributed by atoms with van der Waals surface area (Å²) in [4.78, 5) is 0. The number of allylic oxidation sites excluding steroid dienone is 2. The van der Waals surface area contributed by atoms with Crippen molar-refractivity contribution in [3.63, 3.8) is 0 Å². The minimum absolute atomic E-state index is 0.0193. The Bertz CT molecular complexity index is 1850. The number of aromatic hydroxyl groups is 7. The molecule has 0 bridgehead atoms. The molecule has 36 heavy (non-hydrogen) atoms. The molecule has 7 N–H and O–H groups in total. The largest absolute Gasteiger partial charge is 0.504 e. The highest BCUT2D eigenvalue weighted by Crippen LogP contribution is 2.59. The van der Waals surface area contributed by atoms with Crippen molar-refractivity contribution in [3.05, 3.63) is 52.0 Å². The molecule has 0 saturated heterocycles. The van der Waals surface area contributed by atoms with E-state index < -0.39 is 45.8 Å². The number of rotatable bonds is 1. The lowest BCUT2D eigenvalue weighted by atomic mass is 9.88. The molecule has 0 radical (unpaired) electrons. The van der Waals surface area contributed by atoms with Gasteiger partial charge in [0.2, 0.25) is 23.0 Å². The molecule has 1 heterocycles. The molecule has 180 valence electrons. The Kier molecular flexibility index (Phi) is 4.58. The molecule has 4 aromatic carbocycles. The maximum atomic E-state index is 11.2. The minimum Gasteiger partial charge on any atom is -0.504 e. The molecule has 0 spiro atoms. The average Bonchev–Trinajstić information content (AvgIpc) is 3.11.